The molecule has 0 aliphatic carbocycles. The largest absolute Gasteiger partial charge is 0.416 e. The highest BCUT2D eigenvalue weighted by Gasteiger charge is 2.59. The Balaban J connectivity index is 1.51. The number of hydrogen-bond acceptors (Lipinski definition) is 5. The zero-order valence-corrected chi connectivity index (χ0v) is 21.9. The van der Waals surface area contributed by atoms with Crippen molar-refractivity contribution in [3.05, 3.63) is 47.3 Å². The molecule has 3 aliphatic rings. The van der Waals surface area contributed by atoms with E-state index in [4.69, 9.17) is 0 Å². The van der Waals surface area contributed by atoms with E-state index < -0.39 is 76.3 Å². The van der Waals surface area contributed by atoms with Crippen LogP contribution in [0.5, 0.6) is 0 Å². The van der Waals surface area contributed by atoms with Crippen LogP contribution in [0.3, 0.4) is 0 Å². The summed E-state index contributed by atoms with van der Waals surface area (Å²) in [5.41, 5.74) is -3.34. The number of dihydropyridines is 1. The van der Waals surface area contributed by atoms with E-state index in [1.54, 1.807) is 13.8 Å². The summed E-state index contributed by atoms with van der Waals surface area (Å²) in [6.07, 6.45) is -0.729. The molecule has 6 amide bonds. The maximum Gasteiger partial charge on any atom is 0.416 e. The van der Waals surface area contributed by atoms with E-state index in [0.29, 0.717) is 18.2 Å². The summed E-state index contributed by atoms with van der Waals surface area (Å²) in [5, 5.41) is 2.36. The standard InChI is InChI=1S/C26H27F4N5O5/c1-14(2)20(32-21(37)17-12-15(26(28,29)30)4-6-18(17)27)22(38)34-10-8-25(9-11-34)23(39)33(3)24(40)35(25)16-5-7-19(36)31-13-16/h4-7,12-14,16,20H,8-11H2,1-3H3,(H,32,37)/t16?,20-/m1/s1. The van der Waals surface area contributed by atoms with Crippen molar-refractivity contribution < 1.29 is 41.5 Å². The maximum atomic E-state index is 14.3. The lowest BCUT2D eigenvalue weighted by Crippen LogP contribution is -2.62. The van der Waals surface area contributed by atoms with Gasteiger partial charge in [0.1, 0.15) is 17.4 Å². The maximum absolute atomic E-state index is 14.3. The van der Waals surface area contributed by atoms with Crippen LogP contribution in [-0.2, 0) is 20.6 Å². The Kier molecular flexibility index (Phi) is 7.56. The quantitative estimate of drug-likeness (QED) is 0.435. The van der Waals surface area contributed by atoms with Gasteiger partial charge < -0.3 is 10.2 Å². The van der Waals surface area contributed by atoms with Crippen molar-refractivity contribution in [3.8, 4) is 0 Å². The third kappa shape index (κ3) is 5.09. The number of nitrogens with one attached hydrogen (secondary N) is 1. The number of carbonyl (C=O) groups is 5. The van der Waals surface area contributed by atoms with Crippen molar-refractivity contribution in [2.45, 2.75) is 50.5 Å². The van der Waals surface area contributed by atoms with Crippen molar-refractivity contribution >= 4 is 35.9 Å². The van der Waals surface area contributed by atoms with Gasteiger partial charge in [0.2, 0.25) is 5.91 Å². The Bertz CT molecular complexity index is 1300. The molecule has 10 nitrogen and oxygen atoms in total. The molecule has 214 valence electrons. The van der Waals surface area contributed by atoms with Crippen LogP contribution < -0.4 is 5.32 Å². The molecule has 1 spiro atoms. The van der Waals surface area contributed by atoms with Gasteiger partial charge in [-0.15, -0.1) is 0 Å². The number of nitrogens with zero attached hydrogens (tertiary/aromatic N) is 4. The van der Waals surface area contributed by atoms with Crippen LogP contribution in [0, 0.1) is 11.7 Å². The van der Waals surface area contributed by atoms with Crippen molar-refractivity contribution in [3.63, 3.8) is 0 Å². The number of benzene rings is 1. The molecule has 3 heterocycles. The number of alkyl halides is 3. The average molecular weight is 566 g/mol. The molecule has 0 saturated carbocycles. The fourth-order valence-electron chi connectivity index (χ4n) is 5.19. The van der Waals surface area contributed by atoms with Gasteiger partial charge in [-0.1, -0.05) is 19.9 Å². The minimum Gasteiger partial charge on any atom is -0.341 e. The fourth-order valence-corrected chi connectivity index (χ4v) is 5.19. The first-order valence-corrected chi connectivity index (χ1v) is 12.5. The van der Waals surface area contributed by atoms with E-state index in [1.165, 1.54) is 35.2 Å². The Morgan fingerprint density at radius 3 is 2.33 bits per heavy atom. The van der Waals surface area contributed by atoms with Gasteiger partial charge in [0, 0.05) is 32.4 Å². The van der Waals surface area contributed by atoms with E-state index in [0.717, 1.165) is 4.90 Å². The summed E-state index contributed by atoms with van der Waals surface area (Å²) in [4.78, 5) is 71.3. The van der Waals surface area contributed by atoms with E-state index >= 15 is 0 Å². The Hall–Kier alpha value is -4.10. The molecule has 2 fully saturated rings. The van der Waals surface area contributed by atoms with Gasteiger partial charge in [-0.05, 0) is 37.0 Å². The number of halogens is 4. The van der Waals surface area contributed by atoms with Gasteiger partial charge in [-0.25, -0.2) is 14.2 Å². The fraction of sp³-hybridized carbons (Fsp3) is 0.462. The highest BCUT2D eigenvalue weighted by molar-refractivity contribution is 6.09. The molecule has 4 rings (SSSR count). The summed E-state index contributed by atoms with van der Waals surface area (Å²) in [7, 11) is 1.34. The first-order chi connectivity index (χ1) is 18.7. The lowest BCUT2D eigenvalue weighted by Gasteiger charge is -2.44. The minimum absolute atomic E-state index is 0.0196. The molecular weight excluding hydrogens is 538 g/mol. The number of amides is 6. The van der Waals surface area contributed by atoms with Crippen LogP contribution in [-0.4, -0.2) is 88.3 Å². The van der Waals surface area contributed by atoms with Crippen molar-refractivity contribution in [1.82, 2.24) is 20.0 Å². The Morgan fingerprint density at radius 1 is 1.12 bits per heavy atom. The zero-order chi connectivity index (χ0) is 29.6. The molecule has 40 heavy (non-hydrogen) atoms. The normalized spacial score (nSPS) is 21.6. The summed E-state index contributed by atoms with van der Waals surface area (Å²) in [6, 6.07) is -1.07. The summed E-state index contributed by atoms with van der Waals surface area (Å²) in [5.74, 6) is -4.38. The van der Waals surface area contributed by atoms with Crippen LogP contribution in [0.4, 0.5) is 22.4 Å². The van der Waals surface area contributed by atoms with Gasteiger partial charge in [-0.2, -0.15) is 13.2 Å². The first kappa shape index (κ1) is 28.9. The number of imide groups is 1. The van der Waals surface area contributed by atoms with Gasteiger partial charge in [0.05, 0.1) is 17.2 Å². The van der Waals surface area contributed by atoms with E-state index in [1.807, 2.05) is 0 Å². The van der Waals surface area contributed by atoms with Gasteiger partial charge in [0.25, 0.3) is 17.7 Å². The molecule has 0 bridgehead atoms. The second-order valence-corrected chi connectivity index (χ2v) is 10.2. The van der Waals surface area contributed by atoms with Crippen LogP contribution in [0.1, 0.15) is 42.6 Å². The molecule has 2 saturated heterocycles. The SMILES string of the molecule is CC(C)[C@@H](NC(=O)c1cc(C(F)(F)F)ccc1F)C(=O)N1CCC2(CC1)C(=O)N(C)C(=O)N2C1C=CC(=O)N=C1. The molecule has 1 N–H and O–H groups in total. The summed E-state index contributed by atoms with van der Waals surface area (Å²) >= 11 is 0. The zero-order valence-electron chi connectivity index (χ0n) is 21.9. The highest BCUT2D eigenvalue weighted by atomic mass is 19.4. The molecule has 3 aliphatic heterocycles. The molecule has 0 radical (unpaired) electrons. The number of hydrogen-bond donors (Lipinski definition) is 1. The van der Waals surface area contributed by atoms with E-state index in [2.05, 4.69) is 10.3 Å². The number of likely N-dealkylation sites (N-methyl/N-ethyl adjacent to an activating group) is 1. The monoisotopic (exact) mass is 565 g/mol. The lowest BCUT2D eigenvalue weighted by molar-refractivity contribution is -0.142. The summed E-state index contributed by atoms with van der Waals surface area (Å²) < 4.78 is 53.6. The molecule has 0 aromatic heterocycles. The molecule has 1 unspecified atom stereocenters. The molecule has 1 aromatic rings. The second kappa shape index (κ2) is 10.5. The van der Waals surface area contributed by atoms with E-state index in [-0.39, 0.29) is 25.9 Å². The number of carbonyl (C=O) groups excluding carboxylic acids is 5. The van der Waals surface area contributed by atoms with Crippen LogP contribution >= 0.6 is 0 Å². The molecular formula is C26H27F4N5O5. The third-order valence-corrected chi connectivity index (χ3v) is 7.41. The third-order valence-electron chi connectivity index (χ3n) is 7.41. The highest BCUT2D eigenvalue weighted by Crippen LogP contribution is 2.39. The number of urea groups is 1. The number of likely N-dealkylation sites (tertiary alicyclic amines) is 1. The number of piperidine rings is 1. The van der Waals surface area contributed by atoms with Crippen molar-refractivity contribution in [2.24, 2.45) is 10.9 Å². The topological polar surface area (TPSA) is 119 Å². The molecule has 1 aromatic carbocycles. The smallest absolute Gasteiger partial charge is 0.341 e. The minimum atomic E-state index is -4.80. The van der Waals surface area contributed by atoms with Crippen molar-refractivity contribution in [2.75, 3.05) is 20.1 Å². The lowest BCUT2D eigenvalue weighted by atomic mass is 9.84. The van der Waals surface area contributed by atoms with Crippen LogP contribution in [0.2, 0.25) is 0 Å². The average Bonchev–Trinajstić information content (AvgIpc) is 3.07. The summed E-state index contributed by atoms with van der Waals surface area (Å²) in [6.45, 7) is 3.27. The van der Waals surface area contributed by atoms with Gasteiger partial charge in [0.15, 0.2) is 0 Å². The molecule has 2 atom stereocenters. The van der Waals surface area contributed by atoms with Crippen LogP contribution in [0.15, 0.2) is 35.3 Å². The van der Waals surface area contributed by atoms with Gasteiger partial charge in [-0.3, -0.25) is 29.0 Å². The number of rotatable bonds is 5. The molecule has 14 heteroatoms. The second-order valence-electron chi connectivity index (χ2n) is 10.2. The number of aliphatic imine (C=N–C) groups is 1. The predicted molar refractivity (Wildman–Crippen MR) is 132 cm³/mol. The van der Waals surface area contributed by atoms with Gasteiger partial charge >= 0.3 is 12.2 Å². The Labute approximate surface area is 226 Å². The van der Waals surface area contributed by atoms with Crippen molar-refractivity contribution in [1.29, 1.82) is 0 Å². The predicted octanol–water partition coefficient (Wildman–Crippen LogP) is 2.39. The Morgan fingerprint density at radius 2 is 1.77 bits per heavy atom. The van der Waals surface area contributed by atoms with Crippen LogP contribution in [0.25, 0.3) is 0 Å². The van der Waals surface area contributed by atoms with E-state index in [9.17, 15) is 41.5 Å². The first-order valence-electron chi connectivity index (χ1n) is 12.5.